The number of fused-ring (bicyclic) bond motifs is 1. The van der Waals surface area contributed by atoms with Gasteiger partial charge in [0.25, 0.3) is 0 Å². The Bertz CT molecular complexity index is 779. The Balaban J connectivity index is 1.99. The molecule has 0 unspecified atom stereocenters. The molecule has 0 radical (unpaired) electrons. The van der Waals surface area contributed by atoms with Gasteiger partial charge in [-0.3, -0.25) is 4.98 Å². The van der Waals surface area contributed by atoms with E-state index in [0.717, 1.165) is 30.4 Å². The molecule has 0 aliphatic carbocycles. The van der Waals surface area contributed by atoms with Gasteiger partial charge in [-0.25, -0.2) is 9.97 Å². The summed E-state index contributed by atoms with van der Waals surface area (Å²) >= 11 is 12.3. The highest BCUT2D eigenvalue weighted by Gasteiger charge is 2.12. The molecule has 3 heterocycles. The second-order valence-corrected chi connectivity index (χ2v) is 5.74. The summed E-state index contributed by atoms with van der Waals surface area (Å²) in [5, 5.41) is 4.04. The van der Waals surface area contributed by atoms with Gasteiger partial charge in [0, 0.05) is 25.1 Å². The summed E-state index contributed by atoms with van der Waals surface area (Å²) in [5.74, 6) is 0.628. The normalized spacial score (nSPS) is 11.0. The van der Waals surface area contributed by atoms with Crippen LogP contribution in [0.3, 0.4) is 0 Å². The van der Waals surface area contributed by atoms with Crippen LogP contribution in [0.1, 0.15) is 19.8 Å². The van der Waals surface area contributed by atoms with E-state index >= 15 is 0 Å². The van der Waals surface area contributed by atoms with Crippen molar-refractivity contribution in [3.8, 4) is 0 Å². The lowest BCUT2D eigenvalue weighted by molar-refractivity contribution is 0.645. The van der Waals surface area contributed by atoms with Gasteiger partial charge in [-0.2, -0.15) is 0 Å². The van der Waals surface area contributed by atoms with Crippen LogP contribution in [0.5, 0.6) is 0 Å². The number of imidazole rings is 1. The van der Waals surface area contributed by atoms with Crippen LogP contribution in [0, 0.1) is 0 Å². The van der Waals surface area contributed by atoms with Gasteiger partial charge in [0.15, 0.2) is 5.82 Å². The predicted molar refractivity (Wildman–Crippen MR) is 90.0 cm³/mol. The van der Waals surface area contributed by atoms with Gasteiger partial charge in [0.05, 0.1) is 27.6 Å². The van der Waals surface area contributed by atoms with Crippen molar-refractivity contribution in [2.75, 3.05) is 5.32 Å². The molecule has 7 heteroatoms. The van der Waals surface area contributed by atoms with Gasteiger partial charge in [-0.15, -0.1) is 0 Å². The first-order chi connectivity index (χ1) is 10.7. The summed E-state index contributed by atoms with van der Waals surface area (Å²) in [6.45, 7) is 3.11. The van der Waals surface area contributed by atoms with Crippen LogP contribution in [0.4, 0.5) is 11.5 Å². The molecule has 0 atom stereocenters. The fourth-order valence-electron chi connectivity index (χ4n) is 2.24. The number of hydrogen-bond acceptors (Lipinski definition) is 4. The SMILES string of the molecule is CCCCn1cnc2c(Nc3c(Cl)cncc3Cl)nccc21. The quantitative estimate of drug-likeness (QED) is 0.735. The molecule has 0 aliphatic rings. The molecule has 0 amide bonds. The topological polar surface area (TPSA) is 55.6 Å². The van der Waals surface area contributed by atoms with Crippen molar-refractivity contribution in [1.82, 2.24) is 19.5 Å². The van der Waals surface area contributed by atoms with E-state index < -0.39 is 0 Å². The Kier molecular flexibility index (Phi) is 4.45. The van der Waals surface area contributed by atoms with Gasteiger partial charge >= 0.3 is 0 Å². The molecule has 0 saturated carbocycles. The summed E-state index contributed by atoms with van der Waals surface area (Å²) in [6.07, 6.45) is 8.91. The Hall–Kier alpha value is -1.85. The molecule has 114 valence electrons. The minimum absolute atomic E-state index is 0.441. The molecule has 0 aliphatic heterocycles. The zero-order chi connectivity index (χ0) is 15.5. The highest BCUT2D eigenvalue weighted by Crippen LogP contribution is 2.32. The Morgan fingerprint density at radius 3 is 2.68 bits per heavy atom. The maximum Gasteiger partial charge on any atom is 0.158 e. The minimum atomic E-state index is 0.441. The monoisotopic (exact) mass is 335 g/mol. The molecule has 1 N–H and O–H groups in total. The van der Waals surface area contributed by atoms with Crippen LogP contribution in [-0.4, -0.2) is 19.5 Å². The zero-order valence-electron chi connectivity index (χ0n) is 12.1. The summed E-state index contributed by atoms with van der Waals surface area (Å²) in [4.78, 5) is 12.8. The van der Waals surface area contributed by atoms with Crippen LogP contribution in [0.25, 0.3) is 11.0 Å². The first-order valence-corrected chi connectivity index (χ1v) is 7.82. The summed E-state index contributed by atoms with van der Waals surface area (Å²) in [5.41, 5.74) is 2.41. The van der Waals surface area contributed by atoms with E-state index in [0.29, 0.717) is 21.6 Å². The molecule has 0 bridgehead atoms. The van der Waals surface area contributed by atoms with Crippen LogP contribution >= 0.6 is 23.2 Å². The second-order valence-electron chi connectivity index (χ2n) is 4.92. The summed E-state index contributed by atoms with van der Waals surface area (Å²) in [7, 11) is 0. The molecule has 5 nitrogen and oxygen atoms in total. The highest BCUT2D eigenvalue weighted by molar-refractivity contribution is 6.39. The largest absolute Gasteiger partial charge is 0.336 e. The third kappa shape index (κ3) is 2.87. The van der Waals surface area contributed by atoms with Crippen molar-refractivity contribution in [2.24, 2.45) is 0 Å². The first-order valence-electron chi connectivity index (χ1n) is 7.06. The number of nitrogens with zero attached hydrogens (tertiary/aromatic N) is 4. The van der Waals surface area contributed by atoms with E-state index in [-0.39, 0.29) is 0 Å². The van der Waals surface area contributed by atoms with Crippen LogP contribution in [0.15, 0.2) is 31.0 Å². The smallest absolute Gasteiger partial charge is 0.158 e. The number of halogens is 2. The number of aryl methyl sites for hydroxylation is 1. The fraction of sp³-hybridized carbons (Fsp3) is 0.267. The molecule has 0 aromatic carbocycles. The maximum atomic E-state index is 6.14. The third-order valence-corrected chi connectivity index (χ3v) is 3.96. The Morgan fingerprint density at radius 2 is 1.95 bits per heavy atom. The first kappa shape index (κ1) is 15.1. The van der Waals surface area contributed by atoms with Crippen molar-refractivity contribution >= 4 is 45.7 Å². The summed E-state index contributed by atoms with van der Waals surface area (Å²) in [6, 6.07) is 1.96. The zero-order valence-corrected chi connectivity index (χ0v) is 13.6. The van der Waals surface area contributed by atoms with Gasteiger partial charge in [-0.05, 0) is 12.5 Å². The molecule has 22 heavy (non-hydrogen) atoms. The number of aromatic nitrogens is 4. The van der Waals surface area contributed by atoms with Crippen molar-refractivity contribution in [2.45, 2.75) is 26.3 Å². The van der Waals surface area contributed by atoms with Crippen LogP contribution in [0.2, 0.25) is 10.0 Å². The lowest BCUT2D eigenvalue weighted by atomic mass is 10.3. The number of rotatable bonds is 5. The number of unbranched alkanes of at least 4 members (excludes halogenated alkanes) is 1. The van der Waals surface area contributed by atoms with Crippen molar-refractivity contribution in [3.63, 3.8) is 0 Å². The number of pyridine rings is 2. The second kappa shape index (κ2) is 6.50. The average molecular weight is 336 g/mol. The minimum Gasteiger partial charge on any atom is -0.336 e. The number of anilines is 2. The van der Waals surface area contributed by atoms with Crippen molar-refractivity contribution in [1.29, 1.82) is 0 Å². The lowest BCUT2D eigenvalue weighted by Gasteiger charge is -2.10. The van der Waals surface area contributed by atoms with Gasteiger partial charge < -0.3 is 9.88 Å². The molecule has 0 spiro atoms. The van der Waals surface area contributed by atoms with E-state index in [4.69, 9.17) is 23.2 Å². The van der Waals surface area contributed by atoms with Crippen molar-refractivity contribution in [3.05, 3.63) is 41.0 Å². The molecule has 3 aromatic heterocycles. The van der Waals surface area contributed by atoms with Crippen LogP contribution in [-0.2, 0) is 6.54 Å². The average Bonchev–Trinajstić information content (AvgIpc) is 2.93. The molecule has 0 fully saturated rings. The van der Waals surface area contributed by atoms with Gasteiger partial charge in [0.2, 0.25) is 0 Å². The molecular weight excluding hydrogens is 321 g/mol. The number of nitrogens with one attached hydrogen (secondary N) is 1. The molecule has 0 saturated heterocycles. The number of hydrogen-bond donors (Lipinski definition) is 1. The molecule has 3 aromatic rings. The summed E-state index contributed by atoms with van der Waals surface area (Å²) < 4.78 is 2.13. The molecular formula is C15H15Cl2N5. The molecule has 3 rings (SSSR count). The van der Waals surface area contributed by atoms with Gasteiger partial charge in [-0.1, -0.05) is 36.5 Å². The predicted octanol–water partition coefficient (Wildman–Crippen LogP) is 4.68. The Labute approximate surface area is 138 Å². The fourth-order valence-corrected chi connectivity index (χ4v) is 2.70. The van der Waals surface area contributed by atoms with E-state index in [9.17, 15) is 0 Å². The highest BCUT2D eigenvalue weighted by atomic mass is 35.5. The lowest BCUT2D eigenvalue weighted by Crippen LogP contribution is -1.98. The maximum absolute atomic E-state index is 6.14. The van der Waals surface area contributed by atoms with Gasteiger partial charge in [0.1, 0.15) is 5.52 Å². The van der Waals surface area contributed by atoms with Crippen molar-refractivity contribution < 1.29 is 0 Å². The third-order valence-electron chi connectivity index (χ3n) is 3.39. The Morgan fingerprint density at radius 1 is 1.18 bits per heavy atom. The van der Waals surface area contributed by atoms with Crippen LogP contribution < -0.4 is 5.32 Å². The standard InChI is InChI=1S/C15H15Cl2N5/c1-2-3-6-22-9-20-14-12(22)4-5-19-15(14)21-13-10(16)7-18-8-11(13)17/h4-5,7-9H,2-3,6H2,1H3,(H,18,19,21). The van der Waals surface area contributed by atoms with E-state index in [1.165, 1.54) is 12.4 Å². The van der Waals surface area contributed by atoms with E-state index in [1.807, 2.05) is 12.4 Å². The van der Waals surface area contributed by atoms with E-state index in [1.54, 1.807) is 6.20 Å². The van der Waals surface area contributed by atoms with E-state index in [2.05, 4.69) is 31.8 Å².